The zero-order chi connectivity index (χ0) is 16.5. The van der Waals surface area contributed by atoms with E-state index in [1.807, 2.05) is 13.0 Å². The molecule has 0 aliphatic heterocycles. The number of aryl methyl sites for hydroxylation is 1. The van der Waals surface area contributed by atoms with Crippen LogP contribution in [0.4, 0.5) is 0 Å². The van der Waals surface area contributed by atoms with Gasteiger partial charge in [0.2, 0.25) is 0 Å². The number of nitrogens with one attached hydrogen (secondary N) is 1. The van der Waals surface area contributed by atoms with Crippen LogP contribution in [0.2, 0.25) is 5.02 Å². The van der Waals surface area contributed by atoms with Crippen molar-refractivity contribution in [3.8, 4) is 5.75 Å². The smallest absolute Gasteiger partial charge is 0.260 e. The van der Waals surface area contributed by atoms with E-state index in [0.717, 1.165) is 18.5 Å². The number of benzene rings is 1. The highest BCUT2D eigenvalue weighted by molar-refractivity contribution is 6.30. The maximum atomic E-state index is 12.2. The molecule has 124 valence electrons. The van der Waals surface area contributed by atoms with Gasteiger partial charge in [-0.05, 0) is 49.9 Å². The fourth-order valence-electron chi connectivity index (χ4n) is 2.32. The van der Waals surface area contributed by atoms with Crippen LogP contribution in [0.25, 0.3) is 0 Å². The molecule has 0 saturated carbocycles. The lowest BCUT2D eigenvalue weighted by molar-refractivity contribution is -0.127. The van der Waals surface area contributed by atoms with E-state index in [1.165, 1.54) is 19.3 Å². The van der Waals surface area contributed by atoms with Crippen LogP contribution < -0.4 is 10.1 Å². The summed E-state index contributed by atoms with van der Waals surface area (Å²) in [6.07, 6.45) is 4.15. The summed E-state index contributed by atoms with van der Waals surface area (Å²) < 4.78 is 5.74. The zero-order valence-corrected chi connectivity index (χ0v) is 14.9. The molecule has 0 aliphatic carbocycles. The number of ether oxygens (including phenoxy) is 1. The summed E-state index contributed by atoms with van der Waals surface area (Å²) in [7, 11) is 0. The van der Waals surface area contributed by atoms with Crippen molar-refractivity contribution in [3.63, 3.8) is 0 Å². The van der Waals surface area contributed by atoms with Crippen LogP contribution >= 0.6 is 11.6 Å². The van der Waals surface area contributed by atoms with E-state index in [1.54, 1.807) is 19.1 Å². The summed E-state index contributed by atoms with van der Waals surface area (Å²) >= 11 is 5.92. The number of carbonyl (C=O) groups excluding carboxylic acids is 1. The number of carbonyl (C=O) groups is 1. The predicted octanol–water partition coefficient (Wildman–Crippen LogP) is 4.75. The molecule has 1 N–H and O–H groups in total. The Bertz CT molecular complexity index is 476. The van der Waals surface area contributed by atoms with Gasteiger partial charge in [-0.1, -0.05) is 44.7 Å². The molecule has 0 aromatic heterocycles. The summed E-state index contributed by atoms with van der Waals surface area (Å²) in [5, 5.41) is 3.67. The van der Waals surface area contributed by atoms with Gasteiger partial charge in [0.15, 0.2) is 6.10 Å². The molecule has 2 unspecified atom stereocenters. The Morgan fingerprint density at radius 1 is 1.36 bits per heavy atom. The number of unbranched alkanes of at least 4 members (excludes halogenated alkanes) is 1. The first-order valence-corrected chi connectivity index (χ1v) is 8.56. The molecular weight excluding hydrogens is 298 g/mol. The Labute approximate surface area is 139 Å². The van der Waals surface area contributed by atoms with E-state index in [9.17, 15) is 4.79 Å². The second-order valence-corrected chi connectivity index (χ2v) is 6.27. The fourth-order valence-corrected chi connectivity index (χ4v) is 2.55. The van der Waals surface area contributed by atoms with Crippen molar-refractivity contribution in [3.05, 3.63) is 28.8 Å². The van der Waals surface area contributed by atoms with E-state index < -0.39 is 6.10 Å². The van der Waals surface area contributed by atoms with E-state index in [0.29, 0.717) is 16.7 Å². The molecule has 0 bridgehead atoms. The maximum absolute atomic E-state index is 12.2. The maximum Gasteiger partial charge on any atom is 0.260 e. The molecule has 1 aromatic carbocycles. The van der Waals surface area contributed by atoms with Gasteiger partial charge >= 0.3 is 0 Å². The van der Waals surface area contributed by atoms with E-state index >= 15 is 0 Å². The lowest BCUT2D eigenvalue weighted by atomic mass is 9.99. The predicted molar refractivity (Wildman–Crippen MR) is 92.6 cm³/mol. The van der Waals surface area contributed by atoms with Gasteiger partial charge in [0.05, 0.1) is 0 Å². The summed E-state index contributed by atoms with van der Waals surface area (Å²) in [5.74, 6) is 1.18. The van der Waals surface area contributed by atoms with Crippen molar-refractivity contribution in [1.82, 2.24) is 5.32 Å². The monoisotopic (exact) mass is 325 g/mol. The SMILES string of the molecule is CCCCC(CC)CNC(=O)C(C)Oc1ccc(Cl)cc1C. The second kappa shape index (κ2) is 9.73. The third kappa shape index (κ3) is 6.27. The lowest BCUT2D eigenvalue weighted by Gasteiger charge is -2.19. The van der Waals surface area contributed by atoms with Crippen LogP contribution in [0.5, 0.6) is 5.75 Å². The number of amides is 1. The van der Waals surface area contributed by atoms with Gasteiger partial charge in [0.25, 0.3) is 5.91 Å². The van der Waals surface area contributed by atoms with Crippen LogP contribution in [0.1, 0.15) is 52.0 Å². The van der Waals surface area contributed by atoms with Crippen LogP contribution in [-0.4, -0.2) is 18.6 Å². The van der Waals surface area contributed by atoms with Crippen LogP contribution in [0.15, 0.2) is 18.2 Å². The Morgan fingerprint density at radius 2 is 2.09 bits per heavy atom. The molecule has 4 heteroatoms. The van der Waals surface area contributed by atoms with Gasteiger partial charge in [0.1, 0.15) is 5.75 Å². The highest BCUT2D eigenvalue weighted by atomic mass is 35.5. The lowest BCUT2D eigenvalue weighted by Crippen LogP contribution is -2.38. The molecule has 3 nitrogen and oxygen atoms in total. The third-order valence-electron chi connectivity index (χ3n) is 3.92. The summed E-state index contributed by atoms with van der Waals surface area (Å²) in [6.45, 7) is 8.78. The Balaban J connectivity index is 2.47. The molecule has 0 radical (unpaired) electrons. The first-order chi connectivity index (χ1) is 10.5. The summed E-state index contributed by atoms with van der Waals surface area (Å²) in [5.41, 5.74) is 0.932. The zero-order valence-electron chi connectivity index (χ0n) is 14.1. The molecule has 0 heterocycles. The highest BCUT2D eigenvalue weighted by Gasteiger charge is 2.17. The van der Waals surface area contributed by atoms with E-state index in [4.69, 9.17) is 16.3 Å². The minimum absolute atomic E-state index is 0.0655. The standard InChI is InChI=1S/C18H28ClNO2/c1-5-7-8-15(6-2)12-20-18(21)14(4)22-17-10-9-16(19)11-13(17)3/h9-11,14-15H,5-8,12H2,1-4H3,(H,20,21). The van der Waals surface area contributed by atoms with Crippen LogP contribution in [0, 0.1) is 12.8 Å². The first kappa shape index (κ1) is 18.8. The Morgan fingerprint density at radius 3 is 2.68 bits per heavy atom. The number of hydrogen-bond donors (Lipinski definition) is 1. The van der Waals surface area contributed by atoms with Gasteiger partial charge < -0.3 is 10.1 Å². The molecule has 0 spiro atoms. The molecule has 0 saturated heterocycles. The van der Waals surface area contributed by atoms with Gasteiger partial charge in [-0.15, -0.1) is 0 Å². The van der Waals surface area contributed by atoms with Crippen LogP contribution in [-0.2, 0) is 4.79 Å². The first-order valence-electron chi connectivity index (χ1n) is 8.18. The highest BCUT2D eigenvalue weighted by Crippen LogP contribution is 2.22. The summed E-state index contributed by atoms with van der Waals surface area (Å²) in [6, 6.07) is 5.41. The van der Waals surface area contributed by atoms with Crippen molar-refractivity contribution in [2.75, 3.05) is 6.54 Å². The van der Waals surface area contributed by atoms with Crippen LogP contribution in [0.3, 0.4) is 0 Å². The minimum atomic E-state index is -0.511. The summed E-state index contributed by atoms with van der Waals surface area (Å²) in [4.78, 5) is 12.2. The minimum Gasteiger partial charge on any atom is -0.481 e. The van der Waals surface area contributed by atoms with Crippen molar-refractivity contribution >= 4 is 17.5 Å². The Kier molecular flexibility index (Phi) is 8.32. The van der Waals surface area contributed by atoms with Gasteiger partial charge in [-0.3, -0.25) is 4.79 Å². The van der Waals surface area contributed by atoms with Crippen molar-refractivity contribution in [2.24, 2.45) is 5.92 Å². The quantitative estimate of drug-likeness (QED) is 0.711. The molecule has 1 amide bonds. The van der Waals surface area contributed by atoms with E-state index in [2.05, 4.69) is 19.2 Å². The fraction of sp³-hybridized carbons (Fsp3) is 0.611. The Hall–Kier alpha value is -1.22. The molecule has 2 atom stereocenters. The normalized spacial score (nSPS) is 13.5. The average Bonchev–Trinajstić information content (AvgIpc) is 2.49. The largest absolute Gasteiger partial charge is 0.481 e. The van der Waals surface area contributed by atoms with Gasteiger partial charge in [-0.25, -0.2) is 0 Å². The molecule has 0 aliphatic rings. The number of halogens is 1. The molecule has 1 rings (SSSR count). The number of rotatable bonds is 9. The van der Waals surface area contributed by atoms with Crippen molar-refractivity contribution in [1.29, 1.82) is 0 Å². The number of hydrogen-bond acceptors (Lipinski definition) is 2. The molecular formula is C18H28ClNO2. The molecule has 22 heavy (non-hydrogen) atoms. The van der Waals surface area contributed by atoms with Gasteiger partial charge in [-0.2, -0.15) is 0 Å². The molecule has 1 aromatic rings. The molecule has 0 fully saturated rings. The topological polar surface area (TPSA) is 38.3 Å². The second-order valence-electron chi connectivity index (χ2n) is 5.83. The van der Waals surface area contributed by atoms with Crippen molar-refractivity contribution in [2.45, 2.75) is 59.5 Å². The van der Waals surface area contributed by atoms with E-state index in [-0.39, 0.29) is 5.91 Å². The van der Waals surface area contributed by atoms with Gasteiger partial charge in [0, 0.05) is 11.6 Å². The average molecular weight is 326 g/mol. The third-order valence-corrected chi connectivity index (χ3v) is 4.15. The van der Waals surface area contributed by atoms with Crippen molar-refractivity contribution < 1.29 is 9.53 Å².